The fraction of sp³-hybridized carbons (Fsp3) is 0.350. The summed E-state index contributed by atoms with van der Waals surface area (Å²) in [4.78, 5) is 22.1. The van der Waals surface area contributed by atoms with Crippen LogP contribution in [-0.4, -0.2) is 35.4 Å². The highest BCUT2D eigenvalue weighted by Gasteiger charge is 2.34. The largest absolute Gasteiger partial charge is 0.490 e. The summed E-state index contributed by atoms with van der Waals surface area (Å²) in [6, 6.07) is 4.93. The molecule has 2 heterocycles. The van der Waals surface area contributed by atoms with Crippen molar-refractivity contribution in [1.29, 1.82) is 0 Å². The van der Waals surface area contributed by atoms with Crippen LogP contribution in [0.25, 0.3) is 0 Å². The molecule has 0 saturated carbocycles. The van der Waals surface area contributed by atoms with Gasteiger partial charge in [0.05, 0.1) is 28.1 Å². The van der Waals surface area contributed by atoms with Crippen LogP contribution in [0.2, 0.25) is 10.0 Å². The second kappa shape index (κ2) is 8.88. The van der Waals surface area contributed by atoms with Gasteiger partial charge in [0.15, 0.2) is 17.1 Å². The molecule has 1 aliphatic heterocycles. The van der Waals surface area contributed by atoms with Crippen LogP contribution in [0.15, 0.2) is 35.7 Å². The van der Waals surface area contributed by atoms with Crippen LogP contribution in [0, 0.1) is 0 Å². The second-order valence-electron chi connectivity index (χ2n) is 6.86. The lowest BCUT2D eigenvalue weighted by Crippen LogP contribution is -2.32. The van der Waals surface area contributed by atoms with Gasteiger partial charge in [-0.2, -0.15) is 0 Å². The van der Waals surface area contributed by atoms with Crippen molar-refractivity contribution in [1.82, 2.24) is 4.98 Å². The third kappa shape index (κ3) is 5.10. The summed E-state index contributed by atoms with van der Waals surface area (Å²) in [7, 11) is 0. The maximum Gasteiger partial charge on any atom is 0.255 e. The minimum Gasteiger partial charge on any atom is -0.490 e. The summed E-state index contributed by atoms with van der Waals surface area (Å²) >= 11 is 12.2. The number of hydrogen-bond donors (Lipinski definition) is 1. The Labute approximate surface area is 178 Å². The molecule has 1 atom stereocenters. The number of oxime groups is 1. The number of halogens is 2. The van der Waals surface area contributed by atoms with E-state index < -0.39 is 11.5 Å². The van der Waals surface area contributed by atoms with Crippen molar-refractivity contribution >= 4 is 40.5 Å². The minimum atomic E-state index is -0.566. The first kappa shape index (κ1) is 21.2. The summed E-state index contributed by atoms with van der Waals surface area (Å²) in [5.41, 5.74) is 0.992. The molecule has 1 unspecified atom stereocenters. The van der Waals surface area contributed by atoms with E-state index in [0.717, 1.165) is 5.71 Å². The van der Waals surface area contributed by atoms with E-state index in [2.05, 4.69) is 15.5 Å². The van der Waals surface area contributed by atoms with Crippen molar-refractivity contribution in [2.24, 2.45) is 5.16 Å². The topological polar surface area (TPSA) is 82.0 Å². The Morgan fingerprint density at radius 2 is 1.97 bits per heavy atom. The van der Waals surface area contributed by atoms with Crippen LogP contribution in [0.1, 0.15) is 37.6 Å². The van der Waals surface area contributed by atoms with E-state index in [9.17, 15) is 4.79 Å². The number of carbonyl (C=O) groups excluding carboxylic acids is 1. The van der Waals surface area contributed by atoms with Crippen molar-refractivity contribution in [2.75, 3.05) is 18.5 Å². The molecule has 0 fully saturated rings. The Bertz CT molecular complexity index is 931. The number of anilines is 1. The molecule has 0 bridgehead atoms. The maximum atomic E-state index is 12.7. The Morgan fingerprint density at radius 3 is 2.59 bits per heavy atom. The zero-order chi connectivity index (χ0) is 21.0. The predicted octanol–water partition coefficient (Wildman–Crippen LogP) is 4.97. The smallest absolute Gasteiger partial charge is 0.255 e. The van der Waals surface area contributed by atoms with Crippen LogP contribution >= 0.6 is 23.2 Å². The molecular weight excluding hydrogens is 417 g/mol. The van der Waals surface area contributed by atoms with Gasteiger partial charge in [0.25, 0.3) is 5.91 Å². The van der Waals surface area contributed by atoms with Crippen molar-refractivity contribution in [2.45, 2.75) is 32.8 Å². The molecule has 29 heavy (non-hydrogen) atoms. The Kier molecular flexibility index (Phi) is 6.49. The number of rotatable bonds is 7. The van der Waals surface area contributed by atoms with Crippen LogP contribution in [0.3, 0.4) is 0 Å². The molecule has 1 aliphatic rings. The first-order valence-electron chi connectivity index (χ1n) is 9.03. The van der Waals surface area contributed by atoms with Gasteiger partial charge in [0.2, 0.25) is 0 Å². The van der Waals surface area contributed by atoms with Crippen LogP contribution in [0.5, 0.6) is 11.5 Å². The second-order valence-corrected chi connectivity index (χ2v) is 7.67. The third-order valence-corrected chi connectivity index (χ3v) is 4.76. The molecule has 1 amide bonds. The minimum absolute atomic E-state index is 0.245. The van der Waals surface area contributed by atoms with Crippen LogP contribution in [-0.2, 0) is 4.84 Å². The van der Waals surface area contributed by atoms with Crippen molar-refractivity contribution < 1.29 is 19.1 Å². The van der Waals surface area contributed by atoms with Gasteiger partial charge in [-0.15, -0.1) is 0 Å². The molecular formula is C20H21Cl2N3O4. The molecule has 9 heteroatoms. The normalized spacial score (nSPS) is 18.0. The first-order valence-corrected chi connectivity index (χ1v) is 9.78. The van der Waals surface area contributed by atoms with E-state index in [1.54, 1.807) is 18.2 Å². The number of nitrogens with zero attached hydrogens (tertiary/aromatic N) is 2. The molecule has 1 aromatic carbocycles. The van der Waals surface area contributed by atoms with Gasteiger partial charge >= 0.3 is 0 Å². The zero-order valence-corrected chi connectivity index (χ0v) is 17.8. The van der Waals surface area contributed by atoms with Gasteiger partial charge in [-0.05, 0) is 39.0 Å². The predicted molar refractivity (Wildman–Crippen MR) is 113 cm³/mol. The fourth-order valence-electron chi connectivity index (χ4n) is 2.85. The molecule has 7 nitrogen and oxygen atoms in total. The molecule has 1 N–H and O–H groups in total. The lowest BCUT2D eigenvalue weighted by atomic mass is 10.0. The van der Waals surface area contributed by atoms with E-state index in [1.807, 2.05) is 20.8 Å². The summed E-state index contributed by atoms with van der Waals surface area (Å²) in [6.07, 6.45) is 3.47. The average molecular weight is 438 g/mol. The van der Waals surface area contributed by atoms with Crippen molar-refractivity contribution in [3.63, 3.8) is 0 Å². The molecule has 0 radical (unpaired) electrons. The van der Waals surface area contributed by atoms with Gasteiger partial charge in [-0.25, -0.2) is 0 Å². The summed E-state index contributed by atoms with van der Waals surface area (Å²) in [5.74, 6) is 0.569. The Hall–Kier alpha value is -2.51. The van der Waals surface area contributed by atoms with Gasteiger partial charge in [0.1, 0.15) is 6.61 Å². The number of aromatic nitrogens is 1. The van der Waals surface area contributed by atoms with Crippen LogP contribution < -0.4 is 14.8 Å². The SMILES string of the molecule is CCOc1ccc(C(=O)Nc2c(Cl)cncc2Cl)cc1OCC1(C)CC(C)=NO1. The van der Waals surface area contributed by atoms with Gasteiger partial charge < -0.3 is 19.6 Å². The molecule has 2 aromatic rings. The van der Waals surface area contributed by atoms with Crippen molar-refractivity contribution in [3.8, 4) is 11.5 Å². The third-order valence-electron chi connectivity index (χ3n) is 4.18. The number of ether oxygens (including phenoxy) is 2. The highest BCUT2D eigenvalue weighted by atomic mass is 35.5. The van der Waals surface area contributed by atoms with Gasteiger partial charge in [-0.1, -0.05) is 28.4 Å². The number of pyridine rings is 1. The number of amides is 1. The lowest BCUT2D eigenvalue weighted by Gasteiger charge is -2.22. The molecule has 0 aliphatic carbocycles. The fourth-order valence-corrected chi connectivity index (χ4v) is 3.31. The number of benzene rings is 1. The molecule has 3 rings (SSSR count). The van der Waals surface area contributed by atoms with E-state index in [0.29, 0.717) is 35.8 Å². The van der Waals surface area contributed by atoms with E-state index in [-0.39, 0.29) is 16.7 Å². The van der Waals surface area contributed by atoms with E-state index in [1.165, 1.54) is 12.4 Å². The summed E-state index contributed by atoms with van der Waals surface area (Å²) in [5, 5.41) is 7.17. The number of nitrogens with one attached hydrogen (secondary N) is 1. The molecule has 154 valence electrons. The van der Waals surface area contributed by atoms with E-state index in [4.69, 9.17) is 37.5 Å². The number of hydrogen-bond acceptors (Lipinski definition) is 6. The monoisotopic (exact) mass is 437 g/mol. The van der Waals surface area contributed by atoms with Gasteiger partial charge in [0, 0.05) is 24.4 Å². The summed E-state index contributed by atoms with van der Waals surface area (Å²) in [6.45, 7) is 6.39. The molecule has 0 spiro atoms. The van der Waals surface area contributed by atoms with Crippen molar-refractivity contribution in [3.05, 3.63) is 46.2 Å². The maximum absolute atomic E-state index is 12.7. The zero-order valence-electron chi connectivity index (χ0n) is 16.3. The highest BCUT2D eigenvalue weighted by molar-refractivity contribution is 6.39. The first-order chi connectivity index (χ1) is 13.8. The number of carbonyl (C=O) groups is 1. The Morgan fingerprint density at radius 1 is 1.24 bits per heavy atom. The lowest BCUT2D eigenvalue weighted by molar-refractivity contribution is -0.0361. The average Bonchev–Trinajstić information content (AvgIpc) is 3.03. The quantitative estimate of drug-likeness (QED) is 0.660. The highest BCUT2D eigenvalue weighted by Crippen LogP contribution is 2.33. The van der Waals surface area contributed by atoms with Gasteiger partial charge in [-0.3, -0.25) is 9.78 Å². The van der Waals surface area contributed by atoms with E-state index >= 15 is 0 Å². The Balaban J connectivity index is 1.79. The molecule has 1 aromatic heterocycles. The standard InChI is InChI=1S/C20H21Cl2N3O4/c1-4-27-16-6-5-13(19(26)24-18-14(21)9-23-10-15(18)22)7-17(16)28-11-20(3)8-12(2)25-29-20/h5-7,9-10H,4,8,11H2,1-3H3,(H,23,24,26). The van der Waals surface area contributed by atoms with Crippen LogP contribution in [0.4, 0.5) is 5.69 Å². The molecule has 0 saturated heterocycles. The summed E-state index contributed by atoms with van der Waals surface area (Å²) < 4.78 is 11.6.